The second-order valence-corrected chi connectivity index (χ2v) is 5.61. The lowest BCUT2D eigenvalue weighted by molar-refractivity contribution is -0.0505. The number of alkyl halides is 2. The quantitative estimate of drug-likeness (QED) is 0.324. The summed E-state index contributed by atoms with van der Waals surface area (Å²) < 4.78 is 42.5. The van der Waals surface area contributed by atoms with Crippen molar-refractivity contribution < 1.29 is 23.0 Å². The van der Waals surface area contributed by atoms with Crippen LogP contribution in [0.15, 0.2) is 35.8 Å². The van der Waals surface area contributed by atoms with E-state index in [4.69, 9.17) is 9.47 Å². The molecule has 0 atom stereocenters. The molecular formula is C17H22F2IN5O3. The van der Waals surface area contributed by atoms with Crippen LogP contribution >= 0.6 is 24.0 Å². The number of rotatable bonds is 8. The first-order valence-electron chi connectivity index (χ1n) is 8.51. The number of imidazole rings is 1. The molecule has 8 nitrogen and oxygen atoms in total. The van der Waals surface area contributed by atoms with Crippen LogP contribution in [0.25, 0.3) is 0 Å². The molecule has 1 aliphatic rings. The zero-order valence-corrected chi connectivity index (χ0v) is 17.6. The monoisotopic (exact) mass is 509 g/mol. The Bertz CT molecular complexity index is 774. The van der Waals surface area contributed by atoms with E-state index in [0.717, 1.165) is 0 Å². The zero-order valence-electron chi connectivity index (χ0n) is 15.2. The number of nitrogens with one attached hydrogen (secondary N) is 2. The fourth-order valence-electron chi connectivity index (χ4n) is 2.52. The molecule has 1 aromatic heterocycles. The average molecular weight is 509 g/mol. The lowest BCUT2D eigenvalue weighted by Crippen LogP contribution is -2.38. The molecule has 0 spiro atoms. The van der Waals surface area contributed by atoms with Gasteiger partial charge in [-0.3, -0.25) is 0 Å². The first-order valence-corrected chi connectivity index (χ1v) is 8.51. The summed E-state index contributed by atoms with van der Waals surface area (Å²) in [4.78, 5) is 8.43. The number of hydrogen-bond donors (Lipinski definition) is 2. The first-order chi connectivity index (χ1) is 13.2. The van der Waals surface area contributed by atoms with Gasteiger partial charge in [-0.15, -0.1) is 24.0 Å². The smallest absolute Gasteiger partial charge is 0.387 e. The van der Waals surface area contributed by atoms with Crippen LogP contribution in [-0.4, -0.2) is 42.0 Å². The van der Waals surface area contributed by atoms with E-state index in [2.05, 4.69) is 25.3 Å². The molecule has 0 saturated carbocycles. The molecule has 0 aliphatic carbocycles. The number of ether oxygens (including phenoxy) is 3. The van der Waals surface area contributed by atoms with E-state index in [0.29, 0.717) is 42.7 Å². The summed E-state index contributed by atoms with van der Waals surface area (Å²) in [5.74, 6) is 1.45. The highest BCUT2D eigenvalue weighted by atomic mass is 127. The van der Waals surface area contributed by atoms with Crippen molar-refractivity contribution in [3.63, 3.8) is 0 Å². The second-order valence-electron chi connectivity index (χ2n) is 5.61. The molecule has 11 heteroatoms. The molecule has 28 heavy (non-hydrogen) atoms. The fourth-order valence-corrected chi connectivity index (χ4v) is 2.52. The van der Waals surface area contributed by atoms with Gasteiger partial charge in [-0.25, -0.2) is 9.98 Å². The van der Waals surface area contributed by atoms with E-state index >= 15 is 0 Å². The Kier molecular flexibility index (Phi) is 8.54. The van der Waals surface area contributed by atoms with Gasteiger partial charge in [-0.05, 0) is 13.0 Å². The molecule has 0 radical (unpaired) electrons. The summed E-state index contributed by atoms with van der Waals surface area (Å²) in [7, 11) is 0. The highest BCUT2D eigenvalue weighted by molar-refractivity contribution is 14.0. The summed E-state index contributed by atoms with van der Waals surface area (Å²) in [5.41, 5.74) is 0.478. The topological polar surface area (TPSA) is 81.9 Å². The Morgan fingerprint density at radius 2 is 2.11 bits per heavy atom. The third-order valence-corrected chi connectivity index (χ3v) is 3.75. The van der Waals surface area contributed by atoms with Gasteiger partial charge in [0.1, 0.15) is 5.75 Å². The molecule has 0 unspecified atom stereocenters. The Labute approximate surface area is 178 Å². The van der Waals surface area contributed by atoms with Crippen LogP contribution in [0.3, 0.4) is 0 Å². The fraction of sp³-hybridized carbons (Fsp3) is 0.412. The maximum Gasteiger partial charge on any atom is 0.387 e. The third kappa shape index (κ3) is 6.11. The van der Waals surface area contributed by atoms with Crippen LogP contribution in [0.1, 0.15) is 12.5 Å². The number of nitrogens with zero attached hydrogens (tertiary/aromatic N) is 3. The van der Waals surface area contributed by atoms with Gasteiger partial charge in [0.2, 0.25) is 6.79 Å². The summed E-state index contributed by atoms with van der Waals surface area (Å²) in [6, 6.07) is 3.01. The molecular weight excluding hydrogens is 487 g/mol. The van der Waals surface area contributed by atoms with Crippen molar-refractivity contribution in [3.05, 3.63) is 36.4 Å². The molecule has 0 bridgehead atoms. The van der Waals surface area contributed by atoms with Crippen molar-refractivity contribution in [1.82, 2.24) is 20.2 Å². The van der Waals surface area contributed by atoms with Crippen molar-refractivity contribution in [3.8, 4) is 17.2 Å². The van der Waals surface area contributed by atoms with E-state index in [9.17, 15) is 8.78 Å². The number of aromatic nitrogens is 2. The lowest BCUT2D eigenvalue weighted by atomic mass is 10.1. The minimum Gasteiger partial charge on any atom is -0.454 e. The van der Waals surface area contributed by atoms with Gasteiger partial charge in [-0.1, -0.05) is 0 Å². The van der Waals surface area contributed by atoms with Gasteiger partial charge >= 0.3 is 6.61 Å². The standard InChI is InChI=1S/C17H21F2N5O3.HI/c1-2-21-17(22-4-6-24-5-3-20-10-24)23-9-12-7-14-15(26-11-25-14)8-13(12)27-16(18)19;/h3,5,7-8,10,16H,2,4,6,9,11H2,1H3,(H2,21,22,23);1H. The number of fused-ring (bicyclic) bond motifs is 1. The van der Waals surface area contributed by atoms with Gasteiger partial charge in [-0.2, -0.15) is 8.78 Å². The Morgan fingerprint density at radius 1 is 1.32 bits per heavy atom. The number of hydrogen-bond acceptors (Lipinski definition) is 5. The van der Waals surface area contributed by atoms with E-state index < -0.39 is 6.61 Å². The highest BCUT2D eigenvalue weighted by Gasteiger charge is 2.20. The minimum absolute atomic E-state index is 0. The van der Waals surface area contributed by atoms with Crippen LogP contribution in [-0.2, 0) is 13.1 Å². The number of halogens is 3. The average Bonchev–Trinajstić information content (AvgIpc) is 3.30. The van der Waals surface area contributed by atoms with Crippen LogP contribution in [0.2, 0.25) is 0 Å². The van der Waals surface area contributed by atoms with Crippen molar-refractivity contribution >= 4 is 29.9 Å². The highest BCUT2D eigenvalue weighted by Crippen LogP contribution is 2.38. The third-order valence-electron chi connectivity index (χ3n) is 3.75. The predicted molar refractivity (Wildman–Crippen MR) is 110 cm³/mol. The summed E-state index contributed by atoms with van der Waals surface area (Å²) in [6.07, 6.45) is 5.31. The molecule has 154 valence electrons. The van der Waals surface area contributed by atoms with Crippen LogP contribution in [0.4, 0.5) is 8.78 Å². The molecule has 3 rings (SSSR count). The van der Waals surface area contributed by atoms with Crippen molar-refractivity contribution in [2.24, 2.45) is 4.99 Å². The lowest BCUT2D eigenvalue weighted by Gasteiger charge is -2.13. The molecule has 0 fully saturated rings. The number of aliphatic imine (C=N–C) groups is 1. The van der Waals surface area contributed by atoms with E-state index in [1.165, 1.54) is 6.07 Å². The molecule has 2 N–H and O–H groups in total. The maximum atomic E-state index is 12.7. The van der Waals surface area contributed by atoms with Gasteiger partial charge in [0.15, 0.2) is 17.5 Å². The SMILES string of the molecule is CCNC(=NCc1cc2c(cc1OC(F)F)OCO2)NCCn1ccnc1.I. The van der Waals surface area contributed by atoms with Crippen molar-refractivity contribution in [2.75, 3.05) is 19.9 Å². The molecule has 0 amide bonds. The van der Waals surface area contributed by atoms with Crippen molar-refractivity contribution in [1.29, 1.82) is 0 Å². The van der Waals surface area contributed by atoms with Crippen LogP contribution in [0, 0.1) is 0 Å². The van der Waals surface area contributed by atoms with Gasteiger partial charge in [0, 0.05) is 43.7 Å². The van der Waals surface area contributed by atoms with E-state index in [1.807, 2.05) is 17.7 Å². The molecule has 1 aromatic carbocycles. The summed E-state index contributed by atoms with van der Waals surface area (Å²) in [5, 5.41) is 6.30. The zero-order chi connectivity index (χ0) is 19.1. The predicted octanol–water partition coefficient (Wildman–Crippen LogP) is 2.59. The van der Waals surface area contributed by atoms with E-state index in [1.54, 1.807) is 18.6 Å². The van der Waals surface area contributed by atoms with Gasteiger partial charge in [0.25, 0.3) is 0 Å². The first kappa shape index (κ1) is 22.0. The Morgan fingerprint density at radius 3 is 2.79 bits per heavy atom. The number of guanidine groups is 1. The number of benzene rings is 1. The van der Waals surface area contributed by atoms with Crippen LogP contribution < -0.4 is 24.8 Å². The van der Waals surface area contributed by atoms with Gasteiger partial charge < -0.3 is 29.4 Å². The second kappa shape index (κ2) is 10.9. The van der Waals surface area contributed by atoms with Crippen molar-refractivity contribution in [2.45, 2.75) is 26.6 Å². The Hall–Kier alpha value is -2.31. The summed E-state index contributed by atoms with van der Waals surface area (Å²) >= 11 is 0. The largest absolute Gasteiger partial charge is 0.454 e. The van der Waals surface area contributed by atoms with Gasteiger partial charge in [0.05, 0.1) is 12.9 Å². The van der Waals surface area contributed by atoms with E-state index in [-0.39, 0.29) is 43.1 Å². The maximum absolute atomic E-state index is 12.7. The molecule has 2 heterocycles. The molecule has 0 saturated heterocycles. The normalized spacial score (nSPS) is 12.6. The van der Waals surface area contributed by atoms with Crippen LogP contribution in [0.5, 0.6) is 17.2 Å². The Balaban J connectivity index is 0.00000280. The minimum atomic E-state index is -2.94. The molecule has 1 aliphatic heterocycles. The summed E-state index contributed by atoms with van der Waals surface area (Å²) in [6.45, 7) is 1.21. The molecule has 2 aromatic rings.